The Kier molecular flexibility index (Phi) is 4.66. The van der Waals surface area contributed by atoms with E-state index in [1.54, 1.807) is 24.3 Å². The van der Waals surface area contributed by atoms with Gasteiger partial charge >= 0.3 is 6.18 Å². The van der Waals surface area contributed by atoms with Crippen molar-refractivity contribution in [1.82, 2.24) is 19.5 Å². The number of nitrogens with zero attached hydrogens (tertiary/aromatic N) is 5. The summed E-state index contributed by atoms with van der Waals surface area (Å²) in [6.07, 6.45) is -2.21. The van der Waals surface area contributed by atoms with Crippen LogP contribution in [0, 0.1) is 11.3 Å². The monoisotopic (exact) mass is 437 g/mol. The van der Waals surface area contributed by atoms with Crippen molar-refractivity contribution < 1.29 is 22.6 Å². The molecular formula is C22H14F3N5O2. The van der Waals surface area contributed by atoms with Gasteiger partial charge in [0, 0.05) is 11.8 Å². The van der Waals surface area contributed by atoms with E-state index in [1.807, 2.05) is 10.6 Å². The molecule has 1 atom stereocenters. The van der Waals surface area contributed by atoms with Crippen LogP contribution in [-0.2, 0) is 12.7 Å². The molecule has 160 valence electrons. The molecule has 0 radical (unpaired) electrons. The quantitative estimate of drug-likeness (QED) is 0.475. The molecule has 1 aliphatic heterocycles. The van der Waals surface area contributed by atoms with Gasteiger partial charge in [0.05, 0.1) is 41.1 Å². The van der Waals surface area contributed by atoms with Crippen molar-refractivity contribution >= 4 is 11.0 Å². The van der Waals surface area contributed by atoms with Crippen LogP contribution < -0.4 is 9.47 Å². The highest BCUT2D eigenvalue weighted by atomic mass is 19.4. The average Bonchev–Trinajstić information content (AvgIpc) is 3.34. The molecule has 0 fully saturated rings. The molecule has 4 heterocycles. The number of hydrogen-bond acceptors (Lipinski definition) is 6. The number of rotatable bonds is 4. The van der Waals surface area contributed by atoms with Gasteiger partial charge in [0.2, 0.25) is 0 Å². The average molecular weight is 437 g/mol. The minimum absolute atomic E-state index is 0.246. The Balaban J connectivity index is 1.24. The summed E-state index contributed by atoms with van der Waals surface area (Å²) in [4.78, 5) is 12.0. The summed E-state index contributed by atoms with van der Waals surface area (Å²) >= 11 is 0. The van der Waals surface area contributed by atoms with Crippen molar-refractivity contribution in [2.45, 2.75) is 18.8 Å². The first-order valence-corrected chi connectivity index (χ1v) is 9.60. The van der Waals surface area contributed by atoms with E-state index in [1.165, 1.54) is 12.3 Å². The zero-order valence-electron chi connectivity index (χ0n) is 16.4. The van der Waals surface area contributed by atoms with Crippen LogP contribution in [0.1, 0.15) is 11.3 Å². The van der Waals surface area contributed by atoms with E-state index in [0.29, 0.717) is 40.6 Å². The standard InChI is InChI=1S/C22H14F3N5O2/c23-22(24,25)20-8-14(5-6-27-20)17-3-2-15(10-28-17)31-12-16-11-30-19-4-1-13(9-26)7-18(19)29-21(30)32-16/h1-8,10,16H,11-12H2/t16-/m0/s1. The third-order valence-electron chi connectivity index (χ3n) is 5.02. The molecule has 0 spiro atoms. The van der Waals surface area contributed by atoms with Gasteiger partial charge in [0.15, 0.2) is 6.10 Å². The number of hydrogen-bond donors (Lipinski definition) is 0. The van der Waals surface area contributed by atoms with Gasteiger partial charge in [-0.3, -0.25) is 14.5 Å². The van der Waals surface area contributed by atoms with Crippen LogP contribution in [0.2, 0.25) is 0 Å². The Morgan fingerprint density at radius 2 is 2.03 bits per heavy atom. The molecule has 1 aromatic carbocycles. The van der Waals surface area contributed by atoms with Crippen molar-refractivity contribution in [3.05, 3.63) is 66.1 Å². The molecule has 0 amide bonds. The third-order valence-corrected chi connectivity index (χ3v) is 5.02. The molecule has 0 saturated heterocycles. The second kappa shape index (κ2) is 7.53. The number of imidazole rings is 1. The number of aromatic nitrogens is 4. The number of halogens is 3. The largest absolute Gasteiger partial charge is 0.488 e. The van der Waals surface area contributed by atoms with Crippen LogP contribution in [0.3, 0.4) is 0 Å². The fourth-order valence-corrected chi connectivity index (χ4v) is 3.49. The highest BCUT2D eigenvalue weighted by Crippen LogP contribution is 2.31. The predicted molar refractivity (Wildman–Crippen MR) is 107 cm³/mol. The maximum atomic E-state index is 12.9. The Morgan fingerprint density at radius 3 is 2.78 bits per heavy atom. The lowest BCUT2D eigenvalue weighted by atomic mass is 10.1. The van der Waals surface area contributed by atoms with Crippen LogP contribution in [0.15, 0.2) is 54.9 Å². The zero-order chi connectivity index (χ0) is 22.3. The number of nitriles is 1. The molecule has 32 heavy (non-hydrogen) atoms. The molecule has 0 aliphatic carbocycles. The molecule has 1 aliphatic rings. The van der Waals surface area contributed by atoms with Gasteiger partial charge in [-0.2, -0.15) is 23.4 Å². The van der Waals surface area contributed by atoms with Crippen molar-refractivity contribution in [1.29, 1.82) is 5.26 Å². The van der Waals surface area contributed by atoms with Crippen molar-refractivity contribution in [2.24, 2.45) is 0 Å². The summed E-state index contributed by atoms with van der Waals surface area (Å²) in [5, 5.41) is 9.01. The van der Waals surface area contributed by atoms with E-state index in [-0.39, 0.29) is 12.7 Å². The lowest BCUT2D eigenvalue weighted by Crippen LogP contribution is -2.23. The van der Waals surface area contributed by atoms with E-state index in [9.17, 15) is 13.2 Å². The van der Waals surface area contributed by atoms with E-state index < -0.39 is 11.9 Å². The van der Waals surface area contributed by atoms with Gasteiger partial charge in [-0.25, -0.2) is 0 Å². The molecule has 4 aromatic rings. The Morgan fingerprint density at radius 1 is 1.16 bits per heavy atom. The Bertz CT molecular complexity index is 1340. The first-order valence-electron chi connectivity index (χ1n) is 9.60. The van der Waals surface area contributed by atoms with Crippen molar-refractivity contribution in [3.63, 3.8) is 0 Å². The predicted octanol–water partition coefficient (Wildman–Crippen LogP) is 4.22. The van der Waals surface area contributed by atoms with Crippen LogP contribution in [0.25, 0.3) is 22.3 Å². The summed E-state index contributed by atoms with van der Waals surface area (Å²) in [6.45, 7) is 0.788. The van der Waals surface area contributed by atoms with E-state index in [2.05, 4.69) is 21.0 Å². The SMILES string of the molecule is N#Cc1ccc2c(c1)nc1n2C[C@@H](COc2ccc(-c3ccnc(C(F)(F)F)c3)nc2)O1. The topological polar surface area (TPSA) is 85.9 Å². The second-order valence-corrected chi connectivity index (χ2v) is 7.18. The van der Waals surface area contributed by atoms with E-state index in [0.717, 1.165) is 17.8 Å². The number of pyridine rings is 2. The number of ether oxygens (including phenoxy) is 2. The molecule has 0 unspecified atom stereocenters. The smallest absolute Gasteiger partial charge is 0.433 e. The molecule has 5 rings (SSSR count). The highest BCUT2D eigenvalue weighted by Gasteiger charge is 2.32. The summed E-state index contributed by atoms with van der Waals surface area (Å²) in [7, 11) is 0. The summed E-state index contributed by atoms with van der Waals surface area (Å²) in [5.74, 6) is 0.468. The van der Waals surface area contributed by atoms with E-state index in [4.69, 9.17) is 14.7 Å². The van der Waals surface area contributed by atoms with Crippen LogP contribution in [0.4, 0.5) is 13.2 Å². The van der Waals surface area contributed by atoms with E-state index >= 15 is 0 Å². The van der Waals surface area contributed by atoms with Crippen molar-refractivity contribution in [2.75, 3.05) is 6.61 Å². The molecule has 3 aromatic heterocycles. The highest BCUT2D eigenvalue weighted by molar-refractivity contribution is 5.78. The fourth-order valence-electron chi connectivity index (χ4n) is 3.49. The second-order valence-electron chi connectivity index (χ2n) is 7.18. The number of benzene rings is 1. The van der Waals surface area contributed by atoms with Gasteiger partial charge in [0.1, 0.15) is 18.1 Å². The fraction of sp³-hybridized carbons (Fsp3) is 0.182. The molecule has 0 N–H and O–H groups in total. The molecule has 10 heteroatoms. The first-order chi connectivity index (χ1) is 15.4. The Hall–Kier alpha value is -4.13. The van der Waals surface area contributed by atoms with Gasteiger partial charge in [-0.05, 0) is 42.5 Å². The van der Waals surface area contributed by atoms with Crippen LogP contribution >= 0.6 is 0 Å². The van der Waals surface area contributed by atoms with Gasteiger partial charge < -0.3 is 9.47 Å². The van der Waals surface area contributed by atoms with Gasteiger partial charge in [0.25, 0.3) is 6.01 Å². The molecule has 0 saturated carbocycles. The summed E-state index contributed by atoms with van der Waals surface area (Å²) in [5.41, 5.74) is 1.84. The maximum absolute atomic E-state index is 12.9. The van der Waals surface area contributed by atoms with Crippen molar-refractivity contribution in [3.8, 4) is 29.1 Å². The first kappa shape index (κ1) is 19.8. The van der Waals surface area contributed by atoms with Crippen LogP contribution in [0.5, 0.6) is 11.8 Å². The minimum atomic E-state index is -4.52. The molecule has 0 bridgehead atoms. The summed E-state index contributed by atoms with van der Waals surface area (Å²) in [6, 6.07) is 13.5. The maximum Gasteiger partial charge on any atom is 0.433 e. The lowest BCUT2D eigenvalue weighted by molar-refractivity contribution is -0.141. The zero-order valence-corrected chi connectivity index (χ0v) is 16.4. The van der Waals surface area contributed by atoms with Gasteiger partial charge in [-0.15, -0.1) is 0 Å². The van der Waals surface area contributed by atoms with Crippen LogP contribution in [-0.4, -0.2) is 32.2 Å². The Labute approximate surface area is 179 Å². The van der Waals surface area contributed by atoms with Gasteiger partial charge in [-0.1, -0.05) is 0 Å². The molecule has 7 nitrogen and oxygen atoms in total. The number of alkyl halides is 3. The number of fused-ring (bicyclic) bond motifs is 3. The molecular weight excluding hydrogens is 423 g/mol. The lowest BCUT2D eigenvalue weighted by Gasteiger charge is -2.12. The summed E-state index contributed by atoms with van der Waals surface area (Å²) < 4.78 is 52.1. The minimum Gasteiger partial charge on any atom is -0.488 e. The third kappa shape index (κ3) is 3.69. The normalized spacial score (nSPS) is 15.2.